The van der Waals surface area contributed by atoms with Crippen LogP contribution in [0.3, 0.4) is 0 Å². The molecule has 2 atom stereocenters. The molecule has 7 nitrogen and oxygen atoms in total. The van der Waals surface area contributed by atoms with Gasteiger partial charge in [0, 0.05) is 38.0 Å². The minimum Gasteiger partial charge on any atom is -0.387 e. The van der Waals surface area contributed by atoms with Gasteiger partial charge in [-0.15, -0.1) is 0 Å². The number of ether oxygens (including phenoxy) is 1. The fraction of sp³-hybridized carbons (Fsp3) is 0.500. The van der Waals surface area contributed by atoms with Crippen molar-refractivity contribution in [1.82, 2.24) is 4.90 Å². The van der Waals surface area contributed by atoms with Gasteiger partial charge in [0.1, 0.15) is 0 Å². The highest BCUT2D eigenvalue weighted by Gasteiger charge is 2.36. The Kier molecular flexibility index (Phi) is 3.50. The number of fused-ring (bicyclic) bond motifs is 2. The Morgan fingerprint density at radius 1 is 1.38 bits per heavy atom. The number of likely N-dealkylation sites (tertiary alicyclic amines) is 1. The van der Waals surface area contributed by atoms with E-state index in [0.717, 1.165) is 12.8 Å². The predicted octanol–water partition coefficient (Wildman–Crippen LogP) is 1.64. The second-order valence-corrected chi connectivity index (χ2v) is 5.40. The van der Waals surface area contributed by atoms with E-state index in [4.69, 9.17) is 4.74 Å². The summed E-state index contributed by atoms with van der Waals surface area (Å²) in [7, 11) is 1.70. The van der Waals surface area contributed by atoms with Gasteiger partial charge in [-0.05, 0) is 18.9 Å². The third-order valence-electron chi connectivity index (χ3n) is 4.04. The van der Waals surface area contributed by atoms with E-state index in [2.05, 4.69) is 5.32 Å². The summed E-state index contributed by atoms with van der Waals surface area (Å²) in [5.41, 5.74) is 0.867. The van der Waals surface area contributed by atoms with E-state index in [1.54, 1.807) is 18.0 Å². The van der Waals surface area contributed by atoms with Crippen molar-refractivity contribution in [3.8, 4) is 0 Å². The third kappa shape index (κ3) is 2.56. The van der Waals surface area contributed by atoms with Crippen LogP contribution in [0, 0.1) is 10.1 Å². The molecule has 2 aliphatic heterocycles. The van der Waals surface area contributed by atoms with Gasteiger partial charge in [0.25, 0.3) is 11.6 Å². The number of benzene rings is 1. The summed E-state index contributed by atoms with van der Waals surface area (Å²) < 4.78 is 5.71. The quantitative estimate of drug-likeness (QED) is 0.676. The lowest BCUT2D eigenvalue weighted by molar-refractivity contribution is -0.384. The first-order valence-electron chi connectivity index (χ1n) is 6.99. The van der Waals surface area contributed by atoms with Gasteiger partial charge in [-0.2, -0.15) is 0 Å². The monoisotopic (exact) mass is 291 g/mol. The molecule has 0 aromatic heterocycles. The number of nitro benzene ring substituents is 1. The number of rotatable bonds is 3. The minimum atomic E-state index is -0.487. The van der Waals surface area contributed by atoms with Crippen LogP contribution in [0.15, 0.2) is 18.2 Å². The molecule has 2 unspecified atom stereocenters. The van der Waals surface area contributed by atoms with Crippen LogP contribution in [0.25, 0.3) is 0 Å². The van der Waals surface area contributed by atoms with Gasteiger partial charge in [-0.1, -0.05) is 0 Å². The molecule has 1 N–H and O–H groups in total. The Labute approximate surface area is 122 Å². The number of hydrogen-bond acceptors (Lipinski definition) is 5. The Morgan fingerprint density at radius 2 is 2.05 bits per heavy atom. The number of non-ortho nitro benzene ring substituents is 1. The molecule has 1 aromatic carbocycles. The van der Waals surface area contributed by atoms with Crippen LogP contribution in [0.1, 0.15) is 23.2 Å². The van der Waals surface area contributed by atoms with E-state index in [1.807, 2.05) is 0 Å². The van der Waals surface area contributed by atoms with E-state index >= 15 is 0 Å². The second-order valence-electron chi connectivity index (χ2n) is 5.40. The molecule has 1 amide bonds. The summed E-state index contributed by atoms with van der Waals surface area (Å²) in [5, 5.41) is 13.8. The average molecular weight is 291 g/mol. The van der Waals surface area contributed by atoms with Crippen molar-refractivity contribution < 1.29 is 14.5 Å². The highest BCUT2D eigenvalue weighted by molar-refractivity contribution is 6.00. The van der Waals surface area contributed by atoms with Crippen LogP contribution in [0.5, 0.6) is 0 Å². The molecule has 3 rings (SSSR count). The zero-order valence-corrected chi connectivity index (χ0v) is 11.7. The second kappa shape index (κ2) is 5.33. The maximum Gasteiger partial charge on any atom is 0.270 e. The van der Waals surface area contributed by atoms with Crippen molar-refractivity contribution in [2.75, 3.05) is 25.5 Å². The van der Waals surface area contributed by atoms with E-state index in [1.165, 1.54) is 12.1 Å². The molecule has 2 saturated heterocycles. The molecule has 112 valence electrons. The van der Waals surface area contributed by atoms with E-state index < -0.39 is 4.92 Å². The normalized spacial score (nSPS) is 24.0. The molecule has 7 heteroatoms. The van der Waals surface area contributed by atoms with Crippen LogP contribution in [-0.2, 0) is 4.74 Å². The van der Waals surface area contributed by atoms with Crippen LogP contribution in [0.2, 0.25) is 0 Å². The molecule has 2 fully saturated rings. The largest absolute Gasteiger partial charge is 0.387 e. The topological polar surface area (TPSA) is 84.7 Å². The van der Waals surface area contributed by atoms with Crippen molar-refractivity contribution in [2.24, 2.45) is 0 Å². The van der Waals surface area contributed by atoms with Crippen molar-refractivity contribution in [3.63, 3.8) is 0 Å². The van der Waals surface area contributed by atoms with Crippen LogP contribution in [-0.4, -0.2) is 48.1 Å². The van der Waals surface area contributed by atoms with Gasteiger partial charge in [0.05, 0.1) is 22.7 Å². The van der Waals surface area contributed by atoms with Gasteiger partial charge in [0.2, 0.25) is 0 Å². The highest BCUT2D eigenvalue weighted by Crippen LogP contribution is 2.29. The number of nitro groups is 1. The maximum atomic E-state index is 12.7. The van der Waals surface area contributed by atoms with Crippen molar-refractivity contribution in [1.29, 1.82) is 0 Å². The zero-order valence-electron chi connectivity index (χ0n) is 11.7. The number of carbonyl (C=O) groups is 1. The molecule has 0 radical (unpaired) electrons. The summed E-state index contributed by atoms with van der Waals surface area (Å²) in [6, 6.07) is 4.30. The lowest BCUT2D eigenvalue weighted by Gasteiger charge is -2.32. The summed E-state index contributed by atoms with van der Waals surface area (Å²) in [6.45, 7) is 1.11. The molecular formula is C14H17N3O4. The number of nitrogens with zero attached hydrogens (tertiary/aromatic N) is 2. The van der Waals surface area contributed by atoms with Gasteiger partial charge in [-0.25, -0.2) is 0 Å². The number of amides is 1. The molecule has 2 aliphatic rings. The van der Waals surface area contributed by atoms with E-state index in [9.17, 15) is 14.9 Å². The summed E-state index contributed by atoms with van der Waals surface area (Å²) >= 11 is 0. The zero-order chi connectivity index (χ0) is 15.0. The molecule has 21 heavy (non-hydrogen) atoms. The SMILES string of the molecule is CNc1ccc([N+](=O)[O-])cc1C(=O)N1CC2CCC(C1)O2. The molecule has 0 saturated carbocycles. The first-order chi connectivity index (χ1) is 10.1. The van der Waals surface area contributed by atoms with Crippen molar-refractivity contribution in [2.45, 2.75) is 25.0 Å². The van der Waals surface area contributed by atoms with Gasteiger partial charge in [0.15, 0.2) is 0 Å². The Balaban J connectivity index is 1.89. The molecule has 2 heterocycles. The van der Waals surface area contributed by atoms with E-state index in [-0.39, 0.29) is 23.8 Å². The van der Waals surface area contributed by atoms with Gasteiger partial charge < -0.3 is 15.0 Å². The third-order valence-corrected chi connectivity index (χ3v) is 4.04. The first-order valence-corrected chi connectivity index (χ1v) is 6.99. The predicted molar refractivity (Wildman–Crippen MR) is 76.4 cm³/mol. The average Bonchev–Trinajstić information content (AvgIpc) is 2.84. The maximum absolute atomic E-state index is 12.7. The lowest BCUT2D eigenvalue weighted by Crippen LogP contribution is -2.45. The number of carbonyl (C=O) groups excluding carboxylic acids is 1. The molecular weight excluding hydrogens is 274 g/mol. The lowest BCUT2D eigenvalue weighted by atomic mass is 10.1. The molecule has 1 aromatic rings. The molecule has 2 bridgehead atoms. The highest BCUT2D eigenvalue weighted by atomic mass is 16.6. The number of nitrogens with one attached hydrogen (secondary N) is 1. The minimum absolute atomic E-state index is 0.0754. The molecule has 0 spiro atoms. The molecule has 0 aliphatic carbocycles. The fourth-order valence-electron chi connectivity index (χ4n) is 2.99. The first kappa shape index (κ1) is 13.8. The van der Waals surface area contributed by atoms with Crippen LogP contribution < -0.4 is 5.32 Å². The van der Waals surface area contributed by atoms with Crippen molar-refractivity contribution in [3.05, 3.63) is 33.9 Å². The Morgan fingerprint density at radius 3 is 2.62 bits per heavy atom. The summed E-state index contributed by atoms with van der Waals surface area (Å²) in [4.78, 5) is 24.8. The fourth-order valence-corrected chi connectivity index (χ4v) is 2.99. The number of anilines is 1. The number of morpholine rings is 1. The van der Waals surface area contributed by atoms with Gasteiger partial charge in [-0.3, -0.25) is 14.9 Å². The smallest absolute Gasteiger partial charge is 0.270 e. The van der Waals surface area contributed by atoms with Crippen molar-refractivity contribution >= 4 is 17.3 Å². The van der Waals surface area contributed by atoms with Crippen LogP contribution >= 0.6 is 0 Å². The Hall–Kier alpha value is -2.15. The summed E-state index contributed by atoms with van der Waals surface area (Å²) in [5.74, 6) is -0.178. The van der Waals surface area contributed by atoms with E-state index in [0.29, 0.717) is 24.3 Å². The van der Waals surface area contributed by atoms with Crippen LogP contribution in [0.4, 0.5) is 11.4 Å². The standard InChI is InChI=1S/C14H17N3O4/c1-15-13-5-2-9(17(19)20)6-12(13)14(18)16-7-10-3-4-11(8-16)21-10/h2,5-6,10-11,15H,3-4,7-8H2,1H3. The Bertz CT molecular complexity index is 578. The number of hydrogen-bond donors (Lipinski definition) is 1. The van der Waals surface area contributed by atoms with Gasteiger partial charge >= 0.3 is 0 Å². The summed E-state index contributed by atoms with van der Waals surface area (Å²) in [6.07, 6.45) is 2.15.